The Morgan fingerprint density at radius 1 is 1.38 bits per heavy atom. The van der Waals surface area contributed by atoms with Crippen molar-refractivity contribution in [2.45, 2.75) is 31.5 Å². The molecule has 2 nitrogen and oxygen atoms in total. The van der Waals surface area contributed by atoms with Crippen LogP contribution >= 0.6 is 0 Å². The first-order chi connectivity index (χ1) is 6.14. The van der Waals surface area contributed by atoms with E-state index in [1.165, 1.54) is 5.57 Å². The van der Waals surface area contributed by atoms with Gasteiger partial charge in [0.2, 0.25) is 0 Å². The highest BCUT2D eigenvalue weighted by Gasteiger charge is 2.57. The van der Waals surface area contributed by atoms with Crippen molar-refractivity contribution < 1.29 is 9.47 Å². The predicted molar refractivity (Wildman–Crippen MR) is 49.2 cm³/mol. The van der Waals surface area contributed by atoms with Gasteiger partial charge in [0.25, 0.3) is 0 Å². The van der Waals surface area contributed by atoms with Crippen LogP contribution in [0, 0.1) is 5.92 Å². The van der Waals surface area contributed by atoms with Gasteiger partial charge in [-0.05, 0) is 26.3 Å². The van der Waals surface area contributed by atoms with Crippen molar-refractivity contribution in [1.29, 1.82) is 0 Å². The first-order valence-corrected chi connectivity index (χ1v) is 4.87. The van der Waals surface area contributed by atoms with Crippen molar-refractivity contribution in [2.75, 3.05) is 6.61 Å². The molecule has 2 bridgehead atoms. The fourth-order valence-electron chi connectivity index (χ4n) is 2.82. The van der Waals surface area contributed by atoms with Crippen molar-refractivity contribution in [3.63, 3.8) is 0 Å². The van der Waals surface area contributed by atoms with Crippen molar-refractivity contribution in [1.82, 2.24) is 0 Å². The molecule has 70 valence electrons. The van der Waals surface area contributed by atoms with E-state index < -0.39 is 0 Å². The Kier molecular flexibility index (Phi) is 1.18. The van der Waals surface area contributed by atoms with E-state index in [9.17, 15) is 0 Å². The van der Waals surface area contributed by atoms with Crippen molar-refractivity contribution in [3.05, 3.63) is 24.0 Å². The van der Waals surface area contributed by atoms with Gasteiger partial charge in [-0.2, -0.15) is 0 Å². The Hall–Kier alpha value is -0.760. The smallest absolute Gasteiger partial charge is 0.109 e. The number of hydrogen-bond donors (Lipinski definition) is 0. The van der Waals surface area contributed by atoms with Crippen LogP contribution in [0.25, 0.3) is 0 Å². The maximum atomic E-state index is 6.03. The monoisotopic (exact) mass is 178 g/mol. The Bertz CT molecular complexity index is 318. The fourth-order valence-corrected chi connectivity index (χ4v) is 2.82. The van der Waals surface area contributed by atoms with Crippen molar-refractivity contribution >= 4 is 0 Å². The highest BCUT2D eigenvalue weighted by Crippen LogP contribution is 2.54. The van der Waals surface area contributed by atoms with Gasteiger partial charge in [-0.15, -0.1) is 0 Å². The molecule has 0 aromatic carbocycles. The third-order valence-corrected chi connectivity index (χ3v) is 3.54. The molecule has 0 aliphatic carbocycles. The van der Waals surface area contributed by atoms with Crippen LogP contribution in [0.3, 0.4) is 0 Å². The van der Waals surface area contributed by atoms with Gasteiger partial charge in [-0.1, -0.05) is 6.08 Å². The number of hydrogen-bond acceptors (Lipinski definition) is 2. The number of rotatable bonds is 0. The van der Waals surface area contributed by atoms with E-state index in [0.717, 1.165) is 13.0 Å². The van der Waals surface area contributed by atoms with Gasteiger partial charge in [0.15, 0.2) is 0 Å². The molecule has 3 atom stereocenters. The fraction of sp³-hybridized carbons (Fsp3) is 0.636. The quantitative estimate of drug-likeness (QED) is 0.528. The third-order valence-electron chi connectivity index (χ3n) is 3.54. The number of ether oxygens (including phenoxy) is 2. The molecular weight excluding hydrogens is 164 g/mol. The Morgan fingerprint density at radius 3 is 3.00 bits per heavy atom. The molecule has 0 spiro atoms. The van der Waals surface area contributed by atoms with E-state index in [0.29, 0.717) is 5.92 Å². The minimum absolute atomic E-state index is 0.0651. The molecule has 0 aromatic rings. The van der Waals surface area contributed by atoms with Crippen molar-refractivity contribution in [3.8, 4) is 0 Å². The molecule has 0 radical (unpaired) electrons. The summed E-state index contributed by atoms with van der Waals surface area (Å²) in [6, 6.07) is 0. The summed E-state index contributed by atoms with van der Waals surface area (Å²) < 4.78 is 11.4. The first kappa shape index (κ1) is 7.63. The van der Waals surface area contributed by atoms with E-state index in [1.807, 2.05) is 6.26 Å². The molecule has 0 saturated carbocycles. The number of fused-ring (bicyclic) bond motifs is 5. The van der Waals surface area contributed by atoms with E-state index in [1.54, 1.807) is 0 Å². The molecule has 13 heavy (non-hydrogen) atoms. The SMILES string of the molecule is CC12C=CC(C)(O1)[C@H]1CCOC=C12. The largest absolute Gasteiger partial charge is 0.501 e. The van der Waals surface area contributed by atoms with Gasteiger partial charge < -0.3 is 9.47 Å². The predicted octanol–water partition coefficient (Wildman–Crippen LogP) is 2.02. The summed E-state index contributed by atoms with van der Waals surface area (Å²) in [5, 5.41) is 0. The first-order valence-electron chi connectivity index (χ1n) is 4.87. The summed E-state index contributed by atoms with van der Waals surface area (Å²) in [4.78, 5) is 0. The van der Waals surface area contributed by atoms with Crippen LogP contribution in [-0.4, -0.2) is 17.8 Å². The molecule has 2 heteroatoms. The lowest BCUT2D eigenvalue weighted by atomic mass is 9.74. The average molecular weight is 178 g/mol. The Morgan fingerprint density at radius 2 is 2.23 bits per heavy atom. The van der Waals surface area contributed by atoms with Crippen LogP contribution in [0.4, 0.5) is 0 Å². The lowest BCUT2D eigenvalue weighted by molar-refractivity contribution is -0.0190. The molecular formula is C11H14O2. The van der Waals surface area contributed by atoms with Gasteiger partial charge in [-0.3, -0.25) is 0 Å². The summed E-state index contributed by atoms with van der Waals surface area (Å²) in [7, 11) is 0. The molecule has 0 aromatic heterocycles. The summed E-state index contributed by atoms with van der Waals surface area (Å²) >= 11 is 0. The van der Waals surface area contributed by atoms with Crippen LogP contribution in [0.1, 0.15) is 20.3 Å². The van der Waals surface area contributed by atoms with E-state index in [2.05, 4.69) is 26.0 Å². The molecule has 0 amide bonds. The van der Waals surface area contributed by atoms with Crippen LogP contribution in [0.2, 0.25) is 0 Å². The van der Waals surface area contributed by atoms with Crippen LogP contribution in [-0.2, 0) is 9.47 Å². The van der Waals surface area contributed by atoms with Crippen LogP contribution < -0.4 is 0 Å². The molecule has 0 N–H and O–H groups in total. The summed E-state index contributed by atoms with van der Waals surface area (Å²) in [6.45, 7) is 5.12. The molecule has 1 saturated heterocycles. The summed E-state index contributed by atoms with van der Waals surface area (Å²) in [6.07, 6.45) is 7.36. The van der Waals surface area contributed by atoms with Gasteiger partial charge >= 0.3 is 0 Å². The lowest BCUT2D eigenvalue weighted by Crippen LogP contribution is -2.31. The molecule has 3 aliphatic rings. The Balaban J connectivity index is 2.15. The second-order valence-electron chi connectivity index (χ2n) is 4.51. The van der Waals surface area contributed by atoms with Gasteiger partial charge in [-0.25, -0.2) is 0 Å². The van der Waals surface area contributed by atoms with Gasteiger partial charge in [0.05, 0.1) is 18.5 Å². The average Bonchev–Trinajstić information content (AvgIpc) is 2.55. The molecule has 3 heterocycles. The van der Waals surface area contributed by atoms with Crippen LogP contribution in [0.5, 0.6) is 0 Å². The molecule has 1 fully saturated rings. The standard InChI is InChI=1S/C11H14O2/c1-10-4-5-11(2,13-10)9-7-12-6-3-8(9)10/h4-5,7-8H,3,6H2,1-2H3/t8-,10?,11?/m0/s1. The maximum absolute atomic E-state index is 6.03. The second kappa shape index (κ2) is 2.01. The second-order valence-corrected chi connectivity index (χ2v) is 4.51. The minimum atomic E-state index is -0.181. The maximum Gasteiger partial charge on any atom is 0.109 e. The van der Waals surface area contributed by atoms with E-state index in [4.69, 9.17) is 9.47 Å². The van der Waals surface area contributed by atoms with Crippen LogP contribution in [0.15, 0.2) is 24.0 Å². The zero-order valence-electron chi connectivity index (χ0n) is 8.04. The highest BCUT2D eigenvalue weighted by molar-refractivity contribution is 5.42. The molecule has 3 aliphatic heterocycles. The zero-order valence-corrected chi connectivity index (χ0v) is 8.04. The highest BCUT2D eigenvalue weighted by atomic mass is 16.5. The molecule has 3 rings (SSSR count). The van der Waals surface area contributed by atoms with Gasteiger partial charge in [0, 0.05) is 11.5 Å². The van der Waals surface area contributed by atoms with E-state index in [-0.39, 0.29) is 11.2 Å². The Labute approximate surface area is 78.2 Å². The van der Waals surface area contributed by atoms with Crippen molar-refractivity contribution in [2.24, 2.45) is 5.92 Å². The zero-order chi connectivity index (χ0) is 9.10. The van der Waals surface area contributed by atoms with E-state index >= 15 is 0 Å². The van der Waals surface area contributed by atoms with Gasteiger partial charge in [0.1, 0.15) is 5.60 Å². The topological polar surface area (TPSA) is 18.5 Å². The summed E-state index contributed by atoms with van der Waals surface area (Å²) in [5.41, 5.74) is 1.08. The third kappa shape index (κ3) is 0.773. The molecule has 2 unspecified atom stereocenters. The normalized spacial score (nSPS) is 51.5. The lowest BCUT2D eigenvalue weighted by Gasteiger charge is -2.30. The minimum Gasteiger partial charge on any atom is -0.501 e. The summed E-state index contributed by atoms with van der Waals surface area (Å²) in [5.74, 6) is 0.538.